The van der Waals surface area contributed by atoms with E-state index >= 15 is 0 Å². The van der Waals surface area contributed by atoms with Crippen LogP contribution in [0.2, 0.25) is 0 Å². The van der Waals surface area contributed by atoms with Crippen LogP contribution in [0.3, 0.4) is 0 Å². The van der Waals surface area contributed by atoms with E-state index in [0.717, 1.165) is 31.5 Å². The Labute approximate surface area is 145 Å². The highest BCUT2D eigenvalue weighted by Crippen LogP contribution is 2.50. The van der Waals surface area contributed by atoms with Crippen LogP contribution in [-0.2, 0) is 23.2 Å². The molecule has 0 N–H and O–H groups in total. The number of benzene rings is 1. The molecule has 2 aliphatic rings. The number of carbonyl (C=O) groups excluding carboxylic acids is 1. The van der Waals surface area contributed by atoms with Crippen LogP contribution in [0.25, 0.3) is 11.5 Å². The molecule has 0 atom stereocenters. The standard InChI is InChI=1S/C20H18N2O3/c23-19(22-10-7-14-4-1-2-5-15(14)13-22)20(8-9-20)18-12-17(25-21-18)16-6-3-11-24-16/h1-6,11-12H,7-10,13H2. The fraction of sp³-hybridized carbons (Fsp3) is 0.300. The second-order valence-corrected chi connectivity index (χ2v) is 6.88. The zero-order valence-electron chi connectivity index (χ0n) is 13.8. The van der Waals surface area contributed by atoms with Crippen molar-refractivity contribution in [1.29, 1.82) is 0 Å². The van der Waals surface area contributed by atoms with Gasteiger partial charge in [0.25, 0.3) is 0 Å². The summed E-state index contributed by atoms with van der Waals surface area (Å²) in [5, 5.41) is 4.18. The average Bonchev–Trinajstić information content (AvgIpc) is 3.07. The minimum atomic E-state index is -0.513. The van der Waals surface area contributed by atoms with Crippen LogP contribution in [0.1, 0.15) is 29.7 Å². The number of fused-ring (bicyclic) bond motifs is 1. The van der Waals surface area contributed by atoms with E-state index in [1.54, 1.807) is 12.3 Å². The van der Waals surface area contributed by atoms with Gasteiger partial charge in [0.1, 0.15) is 0 Å². The number of rotatable bonds is 3. The van der Waals surface area contributed by atoms with Gasteiger partial charge in [-0.15, -0.1) is 0 Å². The first-order valence-corrected chi connectivity index (χ1v) is 8.63. The molecular formula is C20H18N2O3. The van der Waals surface area contributed by atoms with E-state index in [4.69, 9.17) is 8.94 Å². The summed E-state index contributed by atoms with van der Waals surface area (Å²) in [6.45, 7) is 1.44. The van der Waals surface area contributed by atoms with Crippen molar-refractivity contribution < 1.29 is 13.7 Å². The van der Waals surface area contributed by atoms with Gasteiger partial charge in [0, 0.05) is 19.2 Å². The second kappa shape index (κ2) is 5.34. The Morgan fingerprint density at radius 1 is 1.08 bits per heavy atom. The van der Waals surface area contributed by atoms with E-state index in [1.165, 1.54) is 11.1 Å². The minimum absolute atomic E-state index is 0.168. The van der Waals surface area contributed by atoms with Crippen LogP contribution in [0, 0.1) is 0 Å². The van der Waals surface area contributed by atoms with Gasteiger partial charge in [0.15, 0.2) is 5.76 Å². The lowest BCUT2D eigenvalue weighted by molar-refractivity contribution is -0.135. The first-order chi connectivity index (χ1) is 12.3. The fourth-order valence-electron chi connectivity index (χ4n) is 3.71. The largest absolute Gasteiger partial charge is 0.461 e. The molecule has 126 valence electrons. The highest BCUT2D eigenvalue weighted by Gasteiger charge is 2.55. The highest BCUT2D eigenvalue weighted by atomic mass is 16.5. The quantitative estimate of drug-likeness (QED) is 0.735. The summed E-state index contributed by atoms with van der Waals surface area (Å²) in [5.74, 6) is 1.37. The first kappa shape index (κ1) is 14.5. The van der Waals surface area contributed by atoms with Gasteiger partial charge in [-0.25, -0.2) is 0 Å². The normalized spacial score (nSPS) is 18.0. The Morgan fingerprint density at radius 2 is 1.92 bits per heavy atom. The van der Waals surface area contributed by atoms with Gasteiger partial charge in [-0.3, -0.25) is 4.79 Å². The van der Waals surface area contributed by atoms with Crippen LogP contribution in [-0.4, -0.2) is 22.5 Å². The third-order valence-corrected chi connectivity index (χ3v) is 5.34. The summed E-state index contributed by atoms with van der Waals surface area (Å²) < 4.78 is 10.8. The first-order valence-electron chi connectivity index (χ1n) is 8.63. The van der Waals surface area contributed by atoms with Gasteiger partial charge in [0.05, 0.1) is 17.4 Å². The number of carbonyl (C=O) groups is 1. The molecule has 1 aliphatic heterocycles. The fourth-order valence-corrected chi connectivity index (χ4v) is 3.71. The van der Waals surface area contributed by atoms with Gasteiger partial charge in [-0.05, 0) is 42.5 Å². The molecule has 1 fully saturated rings. The maximum Gasteiger partial charge on any atom is 0.235 e. The molecule has 25 heavy (non-hydrogen) atoms. The molecule has 3 aromatic rings. The van der Waals surface area contributed by atoms with Crippen LogP contribution in [0.15, 0.2) is 57.7 Å². The molecule has 5 heteroatoms. The molecule has 0 unspecified atom stereocenters. The summed E-state index contributed by atoms with van der Waals surface area (Å²) in [5.41, 5.74) is 2.80. The molecule has 0 saturated heterocycles. The SMILES string of the molecule is O=C(N1CCc2ccccc2C1)C1(c2cc(-c3ccco3)on2)CC1. The van der Waals surface area contributed by atoms with Gasteiger partial charge in [-0.2, -0.15) is 0 Å². The van der Waals surface area contributed by atoms with Crippen LogP contribution in [0.5, 0.6) is 0 Å². The van der Waals surface area contributed by atoms with E-state index in [9.17, 15) is 4.79 Å². The molecule has 1 amide bonds. The number of amides is 1. The maximum absolute atomic E-state index is 13.2. The predicted octanol–water partition coefficient (Wildman–Crippen LogP) is 3.55. The molecular weight excluding hydrogens is 316 g/mol. The number of nitrogens with zero attached hydrogens (tertiary/aromatic N) is 2. The summed E-state index contributed by atoms with van der Waals surface area (Å²) in [4.78, 5) is 15.2. The van der Waals surface area contributed by atoms with Crippen LogP contribution in [0.4, 0.5) is 0 Å². The lowest BCUT2D eigenvalue weighted by atomic mass is 9.95. The zero-order valence-corrected chi connectivity index (χ0v) is 13.8. The maximum atomic E-state index is 13.2. The Kier molecular flexibility index (Phi) is 3.10. The molecule has 2 aromatic heterocycles. The Balaban J connectivity index is 1.40. The zero-order chi connectivity index (χ0) is 16.9. The van der Waals surface area contributed by atoms with Gasteiger partial charge in [0.2, 0.25) is 11.7 Å². The van der Waals surface area contributed by atoms with E-state index < -0.39 is 5.41 Å². The second-order valence-electron chi connectivity index (χ2n) is 6.88. The highest BCUT2D eigenvalue weighted by molar-refractivity contribution is 5.91. The van der Waals surface area contributed by atoms with Crippen molar-refractivity contribution in [2.45, 2.75) is 31.2 Å². The average molecular weight is 334 g/mol. The van der Waals surface area contributed by atoms with Crippen molar-refractivity contribution in [3.63, 3.8) is 0 Å². The molecule has 0 radical (unpaired) electrons. The van der Waals surface area contributed by atoms with E-state index in [2.05, 4.69) is 23.4 Å². The third kappa shape index (κ3) is 2.30. The van der Waals surface area contributed by atoms with Crippen molar-refractivity contribution >= 4 is 5.91 Å². The molecule has 1 aromatic carbocycles. The Morgan fingerprint density at radius 3 is 2.68 bits per heavy atom. The molecule has 3 heterocycles. The predicted molar refractivity (Wildman–Crippen MR) is 90.7 cm³/mol. The molecule has 5 nitrogen and oxygen atoms in total. The summed E-state index contributed by atoms with van der Waals surface area (Å²) in [7, 11) is 0. The van der Waals surface area contributed by atoms with Crippen molar-refractivity contribution in [1.82, 2.24) is 10.1 Å². The molecule has 5 rings (SSSR count). The van der Waals surface area contributed by atoms with Crippen LogP contribution >= 0.6 is 0 Å². The lowest BCUT2D eigenvalue weighted by Gasteiger charge is -2.31. The monoisotopic (exact) mass is 334 g/mol. The number of aromatic nitrogens is 1. The van der Waals surface area contributed by atoms with Crippen molar-refractivity contribution in [3.05, 3.63) is 65.5 Å². The number of furan rings is 1. The number of hydrogen-bond donors (Lipinski definition) is 0. The van der Waals surface area contributed by atoms with Gasteiger partial charge >= 0.3 is 0 Å². The van der Waals surface area contributed by atoms with E-state index in [1.807, 2.05) is 23.1 Å². The van der Waals surface area contributed by atoms with Gasteiger partial charge in [-0.1, -0.05) is 29.4 Å². The lowest BCUT2D eigenvalue weighted by Crippen LogP contribution is -2.42. The number of hydrogen-bond acceptors (Lipinski definition) is 4. The van der Waals surface area contributed by atoms with Crippen LogP contribution < -0.4 is 0 Å². The molecule has 1 aliphatic carbocycles. The van der Waals surface area contributed by atoms with E-state index in [-0.39, 0.29) is 5.91 Å². The molecule has 0 bridgehead atoms. The van der Waals surface area contributed by atoms with Crippen molar-refractivity contribution in [2.75, 3.05) is 6.54 Å². The summed E-state index contributed by atoms with van der Waals surface area (Å²) >= 11 is 0. The summed E-state index contributed by atoms with van der Waals surface area (Å²) in [6.07, 6.45) is 4.16. The van der Waals surface area contributed by atoms with Crippen molar-refractivity contribution in [3.8, 4) is 11.5 Å². The summed E-state index contributed by atoms with van der Waals surface area (Å²) in [6, 6.07) is 13.8. The smallest absolute Gasteiger partial charge is 0.235 e. The Hall–Kier alpha value is -2.82. The molecule has 0 spiro atoms. The Bertz CT molecular complexity index is 922. The van der Waals surface area contributed by atoms with Gasteiger partial charge < -0.3 is 13.8 Å². The van der Waals surface area contributed by atoms with Crippen molar-refractivity contribution in [2.24, 2.45) is 0 Å². The third-order valence-electron chi connectivity index (χ3n) is 5.34. The minimum Gasteiger partial charge on any atom is -0.461 e. The molecule has 1 saturated carbocycles. The topological polar surface area (TPSA) is 59.5 Å². The van der Waals surface area contributed by atoms with E-state index in [0.29, 0.717) is 18.1 Å².